The van der Waals surface area contributed by atoms with Crippen molar-refractivity contribution in [2.24, 2.45) is 0 Å². The Hall–Kier alpha value is -2.55. The first-order valence-corrected chi connectivity index (χ1v) is 6.65. The van der Waals surface area contributed by atoms with Gasteiger partial charge in [0.1, 0.15) is 11.5 Å². The molecule has 0 aliphatic heterocycles. The lowest BCUT2D eigenvalue weighted by Crippen LogP contribution is -2.03. The minimum atomic E-state index is 0.708. The summed E-state index contributed by atoms with van der Waals surface area (Å²) in [6.07, 6.45) is 1.81. The SMILES string of the molecule is Cc1cccc(-c2ncn(Cc3ccccc3)c2N)c1. The van der Waals surface area contributed by atoms with Crippen LogP contribution in [0.1, 0.15) is 11.1 Å². The minimum absolute atomic E-state index is 0.708. The molecule has 3 nitrogen and oxygen atoms in total. The Balaban J connectivity index is 1.93. The number of hydrogen-bond acceptors (Lipinski definition) is 2. The van der Waals surface area contributed by atoms with Crippen LogP contribution in [0.15, 0.2) is 60.9 Å². The molecule has 1 aromatic heterocycles. The second-order valence-electron chi connectivity index (χ2n) is 4.96. The summed E-state index contributed by atoms with van der Waals surface area (Å²) in [7, 11) is 0. The van der Waals surface area contributed by atoms with Crippen LogP contribution in [0, 0.1) is 6.92 Å². The summed E-state index contributed by atoms with van der Waals surface area (Å²) in [5, 5.41) is 0. The molecule has 100 valence electrons. The molecule has 0 fully saturated rings. The van der Waals surface area contributed by atoms with Crippen molar-refractivity contribution in [1.29, 1.82) is 0 Å². The number of aryl methyl sites for hydroxylation is 1. The molecule has 20 heavy (non-hydrogen) atoms. The standard InChI is InChI=1S/C17H17N3/c1-13-6-5-9-15(10-13)16-17(18)20(12-19-16)11-14-7-3-2-4-8-14/h2-10,12H,11,18H2,1H3. The van der Waals surface area contributed by atoms with Crippen LogP contribution in [0.5, 0.6) is 0 Å². The van der Waals surface area contributed by atoms with Crippen LogP contribution < -0.4 is 5.73 Å². The van der Waals surface area contributed by atoms with Gasteiger partial charge in [-0.3, -0.25) is 0 Å². The topological polar surface area (TPSA) is 43.8 Å². The quantitative estimate of drug-likeness (QED) is 0.786. The Labute approximate surface area is 118 Å². The van der Waals surface area contributed by atoms with Crippen molar-refractivity contribution in [3.05, 3.63) is 72.1 Å². The van der Waals surface area contributed by atoms with Crippen LogP contribution in [-0.4, -0.2) is 9.55 Å². The molecule has 1 heterocycles. The maximum Gasteiger partial charge on any atom is 0.131 e. The summed E-state index contributed by atoms with van der Waals surface area (Å²) in [6, 6.07) is 18.5. The molecule has 3 aromatic rings. The van der Waals surface area contributed by atoms with Crippen LogP contribution in [0.2, 0.25) is 0 Å². The molecule has 0 aliphatic carbocycles. The van der Waals surface area contributed by atoms with E-state index in [2.05, 4.69) is 36.2 Å². The first-order chi connectivity index (χ1) is 9.74. The third kappa shape index (κ3) is 2.43. The molecule has 0 atom stereocenters. The smallest absolute Gasteiger partial charge is 0.131 e. The van der Waals surface area contributed by atoms with Crippen molar-refractivity contribution in [3.8, 4) is 11.3 Å². The molecule has 0 spiro atoms. The zero-order valence-electron chi connectivity index (χ0n) is 11.5. The number of benzene rings is 2. The van der Waals surface area contributed by atoms with E-state index in [1.807, 2.05) is 34.9 Å². The summed E-state index contributed by atoms with van der Waals surface area (Å²) in [6.45, 7) is 2.81. The van der Waals surface area contributed by atoms with E-state index in [0.717, 1.165) is 17.8 Å². The molecule has 3 rings (SSSR count). The Bertz CT molecular complexity index is 714. The maximum atomic E-state index is 6.23. The number of hydrogen-bond donors (Lipinski definition) is 1. The van der Waals surface area contributed by atoms with Gasteiger partial charge < -0.3 is 10.3 Å². The Morgan fingerprint density at radius 1 is 1.05 bits per heavy atom. The van der Waals surface area contributed by atoms with Crippen molar-refractivity contribution in [3.63, 3.8) is 0 Å². The second-order valence-corrected chi connectivity index (χ2v) is 4.96. The number of rotatable bonds is 3. The molecule has 0 radical (unpaired) electrons. The van der Waals surface area contributed by atoms with Crippen LogP contribution in [0.25, 0.3) is 11.3 Å². The monoisotopic (exact) mass is 263 g/mol. The molecule has 0 saturated carbocycles. The molecule has 2 N–H and O–H groups in total. The van der Waals surface area contributed by atoms with Gasteiger partial charge in [0.2, 0.25) is 0 Å². The lowest BCUT2D eigenvalue weighted by molar-refractivity contribution is 0.808. The fourth-order valence-electron chi connectivity index (χ4n) is 2.31. The summed E-state index contributed by atoms with van der Waals surface area (Å²) in [5.41, 5.74) is 10.6. The Kier molecular flexibility index (Phi) is 3.25. The predicted molar refractivity (Wildman–Crippen MR) is 82.4 cm³/mol. The number of aromatic nitrogens is 2. The average molecular weight is 263 g/mol. The fourth-order valence-corrected chi connectivity index (χ4v) is 2.31. The van der Waals surface area contributed by atoms with Crippen molar-refractivity contribution in [2.45, 2.75) is 13.5 Å². The Morgan fingerprint density at radius 3 is 2.60 bits per heavy atom. The number of nitrogens with two attached hydrogens (primary N) is 1. The molecular formula is C17H17N3. The highest BCUT2D eigenvalue weighted by Gasteiger charge is 2.10. The number of imidazole rings is 1. The van der Waals surface area contributed by atoms with Gasteiger partial charge in [-0.25, -0.2) is 4.98 Å². The van der Waals surface area contributed by atoms with Crippen molar-refractivity contribution in [2.75, 3.05) is 5.73 Å². The second kappa shape index (κ2) is 5.21. The Morgan fingerprint density at radius 2 is 1.85 bits per heavy atom. The summed E-state index contributed by atoms with van der Waals surface area (Å²) in [5.74, 6) is 0.708. The molecule has 0 bridgehead atoms. The fraction of sp³-hybridized carbons (Fsp3) is 0.118. The highest BCUT2D eigenvalue weighted by Crippen LogP contribution is 2.25. The van der Waals surface area contributed by atoms with E-state index in [0.29, 0.717) is 5.82 Å². The summed E-state index contributed by atoms with van der Waals surface area (Å²) >= 11 is 0. The van der Waals surface area contributed by atoms with Crippen molar-refractivity contribution in [1.82, 2.24) is 9.55 Å². The van der Waals surface area contributed by atoms with Gasteiger partial charge in [-0.15, -0.1) is 0 Å². The average Bonchev–Trinajstić information content (AvgIpc) is 2.81. The van der Waals surface area contributed by atoms with Crippen LogP contribution in [0.3, 0.4) is 0 Å². The van der Waals surface area contributed by atoms with Gasteiger partial charge in [-0.2, -0.15) is 0 Å². The van der Waals surface area contributed by atoms with Crippen molar-refractivity contribution >= 4 is 5.82 Å². The molecule has 0 aliphatic rings. The van der Waals surface area contributed by atoms with Crippen LogP contribution in [-0.2, 0) is 6.54 Å². The van der Waals surface area contributed by atoms with Gasteiger partial charge in [0.05, 0.1) is 12.9 Å². The highest BCUT2D eigenvalue weighted by atomic mass is 15.1. The minimum Gasteiger partial charge on any atom is -0.383 e. The molecular weight excluding hydrogens is 246 g/mol. The zero-order chi connectivity index (χ0) is 13.9. The van der Waals surface area contributed by atoms with Gasteiger partial charge in [0.15, 0.2) is 0 Å². The van der Waals surface area contributed by atoms with Gasteiger partial charge in [0, 0.05) is 5.56 Å². The number of nitrogens with zero attached hydrogens (tertiary/aromatic N) is 2. The lowest BCUT2D eigenvalue weighted by Gasteiger charge is -2.06. The third-order valence-electron chi connectivity index (χ3n) is 3.37. The normalized spacial score (nSPS) is 10.7. The predicted octanol–water partition coefficient (Wildman–Crippen LogP) is 3.49. The molecule has 0 saturated heterocycles. The number of nitrogen functional groups attached to an aromatic ring is 1. The summed E-state index contributed by atoms with van der Waals surface area (Å²) in [4.78, 5) is 4.46. The first-order valence-electron chi connectivity index (χ1n) is 6.65. The summed E-state index contributed by atoms with van der Waals surface area (Å²) < 4.78 is 1.98. The number of anilines is 1. The van der Waals surface area contributed by atoms with E-state index in [4.69, 9.17) is 5.73 Å². The molecule has 0 amide bonds. The van der Waals surface area contributed by atoms with E-state index in [1.165, 1.54) is 11.1 Å². The molecule has 3 heteroatoms. The van der Waals surface area contributed by atoms with Gasteiger partial charge in [0.25, 0.3) is 0 Å². The van der Waals surface area contributed by atoms with Crippen molar-refractivity contribution < 1.29 is 0 Å². The lowest BCUT2D eigenvalue weighted by atomic mass is 10.1. The third-order valence-corrected chi connectivity index (χ3v) is 3.37. The first kappa shape index (κ1) is 12.5. The van der Waals surface area contributed by atoms with Crippen LogP contribution in [0.4, 0.5) is 5.82 Å². The van der Waals surface area contributed by atoms with E-state index in [9.17, 15) is 0 Å². The van der Waals surface area contributed by atoms with Crippen LogP contribution >= 0.6 is 0 Å². The molecule has 2 aromatic carbocycles. The zero-order valence-corrected chi connectivity index (χ0v) is 11.5. The molecule has 0 unspecified atom stereocenters. The van der Waals surface area contributed by atoms with Gasteiger partial charge >= 0.3 is 0 Å². The van der Waals surface area contributed by atoms with Gasteiger partial charge in [-0.05, 0) is 18.6 Å². The largest absolute Gasteiger partial charge is 0.383 e. The van der Waals surface area contributed by atoms with Gasteiger partial charge in [-0.1, -0.05) is 54.1 Å². The van der Waals surface area contributed by atoms with E-state index < -0.39 is 0 Å². The van der Waals surface area contributed by atoms with E-state index >= 15 is 0 Å². The maximum absolute atomic E-state index is 6.23. The van der Waals surface area contributed by atoms with E-state index in [1.54, 1.807) is 6.33 Å². The highest BCUT2D eigenvalue weighted by molar-refractivity contribution is 5.70. The van der Waals surface area contributed by atoms with E-state index in [-0.39, 0.29) is 0 Å².